The lowest BCUT2D eigenvalue weighted by Crippen LogP contribution is -2.54. The van der Waals surface area contributed by atoms with Crippen LogP contribution in [0.5, 0.6) is 0 Å². The number of carbonyl (C=O) groups is 1. The highest BCUT2D eigenvalue weighted by atomic mass is 32.1. The van der Waals surface area contributed by atoms with Crippen molar-refractivity contribution in [3.63, 3.8) is 0 Å². The van der Waals surface area contributed by atoms with Gasteiger partial charge in [0, 0.05) is 30.3 Å². The van der Waals surface area contributed by atoms with Crippen molar-refractivity contribution in [3.8, 4) is 11.4 Å². The van der Waals surface area contributed by atoms with Gasteiger partial charge in [0.1, 0.15) is 0 Å². The number of thiophene rings is 1. The van der Waals surface area contributed by atoms with Crippen molar-refractivity contribution >= 4 is 17.2 Å². The third-order valence-corrected chi connectivity index (χ3v) is 5.54. The molecule has 2 aromatic rings. The number of aromatic nitrogens is 2. The maximum absolute atomic E-state index is 12.6. The number of ether oxygens (including phenoxy) is 1. The van der Waals surface area contributed by atoms with Gasteiger partial charge in [0.25, 0.3) is 0 Å². The fourth-order valence-electron chi connectivity index (χ4n) is 3.63. The van der Waals surface area contributed by atoms with E-state index in [1.165, 1.54) is 12.8 Å². The molecule has 2 fully saturated rings. The van der Waals surface area contributed by atoms with E-state index < -0.39 is 0 Å². The highest BCUT2D eigenvalue weighted by molar-refractivity contribution is 7.08. The third kappa shape index (κ3) is 3.23. The molecule has 128 valence electrons. The zero-order valence-electron chi connectivity index (χ0n) is 13.5. The van der Waals surface area contributed by atoms with Crippen LogP contribution in [0.15, 0.2) is 21.3 Å². The minimum absolute atomic E-state index is 0.172. The van der Waals surface area contributed by atoms with E-state index in [1.807, 2.05) is 21.7 Å². The molecule has 24 heavy (non-hydrogen) atoms. The molecule has 3 heterocycles. The van der Waals surface area contributed by atoms with Crippen LogP contribution in [-0.4, -0.2) is 46.2 Å². The van der Waals surface area contributed by atoms with E-state index in [4.69, 9.17) is 9.26 Å². The third-order valence-electron chi connectivity index (χ3n) is 4.85. The summed E-state index contributed by atoms with van der Waals surface area (Å²) in [5.41, 5.74) is 0.958. The van der Waals surface area contributed by atoms with Gasteiger partial charge in [-0.25, -0.2) is 0 Å². The van der Waals surface area contributed by atoms with Crippen LogP contribution in [-0.2, 0) is 16.0 Å². The van der Waals surface area contributed by atoms with Gasteiger partial charge in [0.2, 0.25) is 17.6 Å². The second-order valence-corrected chi connectivity index (χ2v) is 7.15. The van der Waals surface area contributed by atoms with Crippen molar-refractivity contribution in [1.29, 1.82) is 0 Å². The lowest BCUT2D eigenvalue weighted by Gasteiger charge is -2.43. The summed E-state index contributed by atoms with van der Waals surface area (Å²) in [7, 11) is 0. The molecule has 2 atom stereocenters. The smallest absolute Gasteiger partial charge is 0.227 e. The molecule has 0 N–H and O–H groups in total. The van der Waals surface area contributed by atoms with Crippen molar-refractivity contribution < 1.29 is 14.1 Å². The summed E-state index contributed by atoms with van der Waals surface area (Å²) in [6.45, 7) is 1.35. The molecule has 0 aromatic carbocycles. The summed E-state index contributed by atoms with van der Waals surface area (Å²) < 4.78 is 11.1. The largest absolute Gasteiger partial charge is 0.374 e. The van der Waals surface area contributed by atoms with E-state index >= 15 is 0 Å². The molecule has 0 radical (unpaired) electrons. The first-order chi connectivity index (χ1) is 11.8. The Morgan fingerprint density at radius 2 is 2.29 bits per heavy atom. The second kappa shape index (κ2) is 7.03. The van der Waals surface area contributed by atoms with Gasteiger partial charge in [0.05, 0.1) is 18.8 Å². The van der Waals surface area contributed by atoms with Crippen molar-refractivity contribution in [2.24, 2.45) is 0 Å². The highest BCUT2D eigenvalue weighted by Gasteiger charge is 2.36. The Morgan fingerprint density at radius 1 is 1.38 bits per heavy atom. The first-order valence-corrected chi connectivity index (χ1v) is 9.52. The maximum Gasteiger partial charge on any atom is 0.227 e. The monoisotopic (exact) mass is 347 g/mol. The number of hydrogen-bond donors (Lipinski definition) is 0. The quantitative estimate of drug-likeness (QED) is 0.851. The van der Waals surface area contributed by atoms with Crippen LogP contribution in [0, 0.1) is 0 Å². The summed E-state index contributed by atoms with van der Waals surface area (Å²) in [6, 6.07) is 2.21. The Bertz CT molecular complexity index is 683. The fraction of sp³-hybridized carbons (Fsp3) is 0.588. The molecule has 1 saturated heterocycles. The zero-order chi connectivity index (χ0) is 16.4. The number of aryl methyl sites for hydroxylation is 1. The van der Waals surface area contributed by atoms with Gasteiger partial charge in [-0.2, -0.15) is 16.3 Å². The summed E-state index contributed by atoms with van der Waals surface area (Å²) >= 11 is 1.60. The zero-order valence-corrected chi connectivity index (χ0v) is 14.3. The van der Waals surface area contributed by atoms with Gasteiger partial charge in [-0.15, -0.1) is 0 Å². The predicted molar refractivity (Wildman–Crippen MR) is 89.6 cm³/mol. The van der Waals surface area contributed by atoms with Crippen LogP contribution in [0.3, 0.4) is 0 Å². The summed E-state index contributed by atoms with van der Waals surface area (Å²) in [4.78, 5) is 19.0. The van der Waals surface area contributed by atoms with Gasteiger partial charge in [-0.1, -0.05) is 18.0 Å². The standard InChI is InChI=1S/C17H21N3O3S/c21-16(20-8-9-22-14-4-2-1-3-13(14)20)6-5-15-18-17(19-23-15)12-7-10-24-11-12/h7,10-11,13-14H,1-6,8-9H2/t13-,14+/m1/s1. The molecule has 0 unspecified atom stereocenters. The molecule has 7 heteroatoms. The van der Waals surface area contributed by atoms with Crippen LogP contribution in [0.25, 0.3) is 11.4 Å². The number of amides is 1. The number of morpholine rings is 1. The molecule has 0 bridgehead atoms. The normalized spacial score (nSPS) is 23.9. The molecule has 4 rings (SSSR count). The van der Waals surface area contributed by atoms with E-state index in [9.17, 15) is 4.79 Å². The molecule has 1 aliphatic carbocycles. The minimum atomic E-state index is 0.172. The Hall–Kier alpha value is -1.73. The highest BCUT2D eigenvalue weighted by Crippen LogP contribution is 2.29. The SMILES string of the molecule is O=C(CCc1nc(-c2ccsc2)no1)N1CCO[C@H]2CCCC[C@H]21. The Morgan fingerprint density at radius 3 is 3.17 bits per heavy atom. The summed E-state index contributed by atoms with van der Waals surface area (Å²) in [5, 5.41) is 7.95. The molecular weight excluding hydrogens is 326 g/mol. The first-order valence-electron chi connectivity index (χ1n) is 8.57. The van der Waals surface area contributed by atoms with Gasteiger partial charge < -0.3 is 14.2 Å². The summed E-state index contributed by atoms with van der Waals surface area (Å²) in [5.74, 6) is 1.29. The molecule has 1 saturated carbocycles. The number of fused-ring (bicyclic) bond motifs is 1. The van der Waals surface area contributed by atoms with Gasteiger partial charge >= 0.3 is 0 Å². The fourth-order valence-corrected chi connectivity index (χ4v) is 4.26. The van der Waals surface area contributed by atoms with Gasteiger partial charge in [0.15, 0.2) is 0 Å². The minimum Gasteiger partial charge on any atom is -0.374 e. The first kappa shape index (κ1) is 15.8. The van der Waals surface area contributed by atoms with E-state index in [1.54, 1.807) is 11.3 Å². The van der Waals surface area contributed by atoms with Crippen LogP contribution >= 0.6 is 11.3 Å². The van der Waals surface area contributed by atoms with Crippen molar-refractivity contribution in [2.75, 3.05) is 13.2 Å². The van der Waals surface area contributed by atoms with E-state index in [0.29, 0.717) is 37.7 Å². The van der Waals surface area contributed by atoms with E-state index in [0.717, 1.165) is 18.4 Å². The predicted octanol–water partition coefficient (Wildman–Crippen LogP) is 2.90. The molecule has 1 amide bonds. The lowest BCUT2D eigenvalue weighted by atomic mass is 9.90. The molecule has 2 aromatic heterocycles. The molecule has 0 spiro atoms. The Labute approximate surface area is 144 Å². The topological polar surface area (TPSA) is 68.5 Å². The average molecular weight is 347 g/mol. The number of rotatable bonds is 4. The number of carbonyl (C=O) groups excluding carboxylic acids is 1. The molecule has 6 nitrogen and oxygen atoms in total. The van der Waals surface area contributed by atoms with Gasteiger partial charge in [-0.3, -0.25) is 4.79 Å². The number of nitrogens with zero attached hydrogens (tertiary/aromatic N) is 3. The molecule has 1 aliphatic heterocycles. The molecular formula is C17H21N3O3S. The average Bonchev–Trinajstić information content (AvgIpc) is 3.30. The maximum atomic E-state index is 12.6. The second-order valence-electron chi connectivity index (χ2n) is 6.37. The van der Waals surface area contributed by atoms with Crippen LogP contribution in [0.1, 0.15) is 38.0 Å². The van der Waals surface area contributed by atoms with Crippen molar-refractivity contribution in [2.45, 2.75) is 50.7 Å². The molecule has 2 aliphatic rings. The van der Waals surface area contributed by atoms with E-state index in [-0.39, 0.29) is 18.1 Å². The number of hydrogen-bond acceptors (Lipinski definition) is 6. The van der Waals surface area contributed by atoms with Crippen LogP contribution in [0.2, 0.25) is 0 Å². The van der Waals surface area contributed by atoms with Crippen LogP contribution in [0.4, 0.5) is 0 Å². The summed E-state index contributed by atoms with van der Waals surface area (Å²) in [6.07, 6.45) is 5.64. The van der Waals surface area contributed by atoms with Crippen LogP contribution < -0.4 is 0 Å². The Balaban J connectivity index is 1.36. The van der Waals surface area contributed by atoms with Crippen molar-refractivity contribution in [3.05, 3.63) is 22.7 Å². The van der Waals surface area contributed by atoms with Gasteiger partial charge in [-0.05, 0) is 24.3 Å². The van der Waals surface area contributed by atoms with E-state index in [2.05, 4.69) is 10.1 Å². The lowest BCUT2D eigenvalue weighted by molar-refractivity contribution is -0.149. The van der Waals surface area contributed by atoms with Crippen molar-refractivity contribution in [1.82, 2.24) is 15.0 Å². The Kier molecular flexibility index (Phi) is 4.62.